The summed E-state index contributed by atoms with van der Waals surface area (Å²) in [5.74, 6) is 2.40. The van der Waals surface area contributed by atoms with E-state index in [0.29, 0.717) is 50.9 Å². The summed E-state index contributed by atoms with van der Waals surface area (Å²) in [4.78, 5) is 25.6. The molecule has 0 unspecified atom stereocenters. The number of rotatable bonds is 8. The van der Waals surface area contributed by atoms with Crippen LogP contribution in [0.1, 0.15) is 15.9 Å². The summed E-state index contributed by atoms with van der Waals surface area (Å²) < 4.78 is 27.1. The predicted octanol–water partition coefficient (Wildman–Crippen LogP) is 5.39. The van der Waals surface area contributed by atoms with Crippen molar-refractivity contribution in [2.45, 2.75) is 0 Å². The summed E-state index contributed by atoms with van der Waals surface area (Å²) in [7, 11) is 6.20. The third-order valence-electron chi connectivity index (χ3n) is 5.51. The van der Waals surface area contributed by atoms with Crippen LogP contribution in [0.3, 0.4) is 0 Å². The lowest BCUT2D eigenvalue weighted by Crippen LogP contribution is -2.03. The van der Waals surface area contributed by atoms with Gasteiger partial charge in [0.2, 0.25) is 0 Å². The molecule has 1 heterocycles. The summed E-state index contributed by atoms with van der Waals surface area (Å²) >= 11 is 0. The molecule has 0 N–H and O–H groups in total. The minimum Gasteiger partial charge on any atom is -0.493 e. The number of benzene rings is 3. The van der Waals surface area contributed by atoms with E-state index in [2.05, 4.69) is 0 Å². The molecule has 4 aromatic rings. The van der Waals surface area contributed by atoms with Gasteiger partial charge in [-0.15, -0.1) is 0 Å². The second kappa shape index (κ2) is 10.2. The molecule has 0 amide bonds. The van der Waals surface area contributed by atoms with E-state index in [9.17, 15) is 9.59 Å². The van der Waals surface area contributed by atoms with Gasteiger partial charge in [0.05, 0.1) is 33.8 Å². The zero-order valence-electron chi connectivity index (χ0n) is 19.8. The van der Waals surface area contributed by atoms with Crippen molar-refractivity contribution in [1.29, 1.82) is 0 Å². The Morgan fingerprint density at radius 1 is 0.743 bits per heavy atom. The first-order chi connectivity index (χ1) is 17.0. The molecule has 0 spiro atoms. The van der Waals surface area contributed by atoms with Gasteiger partial charge in [0.15, 0.2) is 34.2 Å². The maximum Gasteiger partial charge on any atom is 0.193 e. The fourth-order valence-electron chi connectivity index (χ4n) is 3.67. The molecular weight excluding hydrogens is 448 g/mol. The number of carbonyl (C=O) groups excluding carboxylic acids is 1. The van der Waals surface area contributed by atoms with Gasteiger partial charge in [-0.05, 0) is 60.2 Å². The Morgan fingerprint density at radius 2 is 1.40 bits per heavy atom. The van der Waals surface area contributed by atoms with E-state index in [1.54, 1.807) is 75.9 Å². The topological polar surface area (TPSA) is 84.2 Å². The average Bonchev–Trinajstić information content (AvgIpc) is 2.90. The van der Waals surface area contributed by atoms with E-state index in [0.717, 1.165) is 5.56 Å². The van der Waals surface area contributed by atoms with Crippen LogP contribution in [-0.2, 0) is 0 Å². The summed E-state index contributed by atoms with van der Waals surface area (Å²) in [6.45, 7) is 0. The molecule has 0 saturated heterocycles. The smallest absolute Gasteiger partial charge is 0.193 e. The second-order valence-corrected chi connectivity index (χ2v) is 7.57. The number of hydrogen-bond acceptors (Lipinski definition) is 7. The normalized spacial score (nSPS) is 11.0. The Kier molecular flexibility index (Phi) is 6.87. The predicted molar refractivity (Wildman–Crippen MR) is 134 cm³/mol. The van der Waals surface area contributed by atoms with Crippen molar-refractivity contribution in [3.8, 4) is 34.3 Å². The largest absolute Gasteiger partial charge is 0.493 e. The van der Waals surface area contributed by atoms with Gasteiger partial charge in [0.25, 0.3) is 0 Å². The van der Waals surface area contributed by atoms with Crippen LogP contribution in [0.2, 0.25) is 0 Å². The van der Waals surface area contributed by atoms with Crippen molar-refractivity contribution in [2.24, 2.45) is 0 Å². The van der Waals surface area contributed by atoms with Crippen molar-refractivity contribution in [1.82, 2.24) is 0 Å². The van der Waals surface area contributed by atoms with Gasteiger partial charge in [-0.3, -0.25) is 9.59 Å². The summed E-state index contributed by atoms with van der Waals surface area (Å²) in [5, 5.41) is 0.319. The van der Waals surface area contributed by atoms with Crippen LogP contribution < -0.4 is 24.4 Å². The fraction of sp³-hybridized carbons (Fsp3) is 0.143. The van der Waals surface area contributed by atoms with E-state index in [1.807, 2.05) is 6.07 Å². The first kappa shape index (κ1) is 23.6. The molecule has 1 aromatic heterocycles. The monoisotopic (exact) mass is 472 g/mol. The van der Waals surface area contributed by atoms with Crippen LogP contribution in [0.25, 0.3) is 28.4 Å². The third kappa shape index (κ3) is 4.89. The molecule has 35 heavy (non-hydrogen) atoms. The van der Waals surface area contributed by atoms with Crippen LogP contribution in [0.4, 0.5) is 0 Å². The summed E-state index contributed by atoms with van der Waals surface area (Å²) in [6.07, 6.45) is 3.12. The summed E-state index contributed by atoms with van der Waals surface area (Å²) in [5.41, 5.74) is 1.94. The number of carbonyl (C=O) groups is 1. The van der Waals surface area contributed by atoms with Crippen molar-refractivity contribution in [3.05, 3.63) is 88.1 Å². The van der Waals surface area contributed by atoms with E-state index in [1.165, 1.54) is 19.3 Å². The molecule has 0 radical (unpaired) electrons. The first-order valence-electron chi connectivity index (χ1n) is 10.7. The first-order valence-corrected chi connectivity index (χ1v) is 10.7. The Bertz CT molecular complexity index is 1480. The number of ketones is 1. The van der Waals surface area contributed by atoms with Gasteiger partial charge in [-0.1, -0.05) is 12.1 Å². The molecule has 7 nitrogen and oxygen atoms in total. The van der Waals surface area contributed by atoms with Gasteiger partial charge in [-0.25, -0.2) is 0 Å². The quantitative estimate of drug-likeness (QED) is 0.251. The van der Waals surface area contributed by atoms with Crippen LogP contribution in [-0.4, -0.2) is 34.2 Å². The van der Waals surface area contributed by atoms with Gasteiger partial charge in [0, 0.05) is 17.2 Å². The van der Waals surface area contributed by atoms with Crippen LogP contribution in [0.5, 0.6) is 23.0 Å². The Morgan fingerprint density at radius 3 is 2.09 bits per heavy atom. The lowest BCUT2D eigenvalue weighted by atomic mass is 10.1. The fourth-order valence-corrected chi connectivity index (χ4v) is 3.67. The maximum absolute atomic E-state index is 12.9. The minimum absolute atomic E-state index is 0.245. The van der Waals surface area contributed by atoms with E-state index < -0.39 is 0 Å². The van der Waals surface area contributed by atoms with Crippen LogP contribution in [0.15, 0.2) is 76.0 Å². The molecule has 0 bridgehead atoms. The molecule has 3 aromatic carbocycles. The maximum atomic E-state index is 12.9. The van der Waals surface area contributed by atoms with Crippen molar-refractivity contribution >= 4 is 22.8 Å². The highest BCUT2D eigenvalue weighted by molar-refractivity contribution is 6.08. The van der Waals surface area contributed by atoms with Crippen LogP contribution >= 0.6 is 0 Å². The number of allylic oxidation sites excluding steroid dienone is 1. The molecular formula is C28H24O7. The van der Waals surface area contributed by atoms with E-state index in [4.69, 9.17) is 23.4 Å². The third-order valence-corrected chi connectivity index (χ3v) is 5.51. The molecule has 0 fully saturated rings. The van der Waals surface area contributed by atoms with Gasteiger partial charge in [-0.2, -0.15) is 0 Å². The van der Waals surface area contributed by atoms with E-state index >= 15 is 0 Å². The van der Waals surface area contributed by atoms with E-state index in [-0.39, 0.29) is 11.2 Å². The highest BCUT2D eigenvalue weighted by Gasteiger charge is 2.13. The molecule has 0 atom stereocenters. The Labute approximate surface area is 202 Å². The zero-order valence-corrected chi connectivity index (χ0v) is 19.8. The Hall–Kier alpha value is -4.52. The highest BCUT2D eigenvalue weighted by Crippen LogP contribution is 2.33. The number of fused-ring (bicyclic) bond motifs is 1. The van der Waals surface area contributed by atoms with Gasteiger partial charge in [0.1, 0.15) is 11.3 Å². The van der Waals surface area contributed by atoms with Gasteiger partial charge < -0.3 is 23.4 Å². The summed E-state index contributed by atoms with van der Waals surface area (Å²) in [6, 6.07) is 16.8. The molecule has 178 valence electrons. The second-order valence-electron chi connectivity index (χ2n) is 7.57. The minimum atomic E-state index is -0.255. The zero-order chi connectivity index (χ0) is 24.9. The van der Waals surface area contributed by atoms with Crippen molar-refractivity contribution in [3.63, 3.8) is 0 Å². The molecule has 0 aliphatic rings. The van der Waals surface area contributed by atoms with Crippen LogP contribution in [0, 0.1) is 0 Å². The molecule has 4 rings (SSSR count). The highest BCUT2D eigenvalue weighted by atomic mass is 16.5. The molecule has 0 aliphatic heterocycles. The van der Waals surface area contributed by atoms with Crippen molar-refractivity contribution < 1.29 is 28.2 Å². The lowest BCUT2D eigenvalue weighted by Gasteiger charge is -2.09. The lowest BCUT2D eigenvalue weighted by molar-refractivity contribution is 0.104. The Balaban J connectivity index is 1.63. The molecule has 0 aliphatic carbocycles. The number of hydrogen-bond donors (Lipinski definition) is 0. The average molecular weight is 472 g/mol. The SMILES string of the molecule is COc1ccc(/C=C/C(=O)c2ccc3oc(-c4ccc(OC)c(OC)c4)cc(=O)c3c2)cc1OC. The number of methoxy groups -OCH3 is 4. The molecule has 0 saturated carbocycles. The standard InChI is InChI=1S/C28H24O7/c1-31-24-10-6-17(13-27(24)33-3)5-9-21(29)18-7-11-23-20(14-18)22(30)16-26(35-23)19-8-12-25(32-2)28(15-19)34-4/h5-16H,1-4H3/b9-5+. The number of ether oxygens (including phenoxy) is 4. The van der Waals surface area contributed by atoms with Gasteiger partial charge >= 0.3 is 0 Å². The molecule has 7 heteroatoms. The van der Waals surface area contributed by atoms with Crippen molar-refractivity contribution in [2.75, 3.05) is 28.4 Å².